The summed E-state index contributed by atoms with van der Waals surface area (Å²) in [6.07, 6.45) is 1.89. The standard InChI is InChI=1S/C11H15N5OS/c1-11(13-2,9(12)17)7-18-10-15-14-8-5-3-4-6-16(8)10/h3-6,13H,7H2,1-2H3,(H2,12,17). The Bertz CT molecular complexity index is 569. The number of primary amides is 1. The molecule has 0 bridgehead atoms. The van der Waals surface area contributed by atoms with E-state index in [1.54, 1.807) is 14.0 Å². The van der Waals surface area contributed by atoms with Crippen LogP contribution in [0.2, 0.25) is 0 Å². The fourth-order valence-electron chi connectivity index (χ4n) is 1.39. The van der Waals surface area contributed by atoms with E-state index in [1.165, 1.54) is 11.8 Å². The van der Waals surface area contributed by atoms with E-state index in [2.05, 4.69) is 15.5 Å². The minimum atomic E-state index is -0.759. The van der Waals surface area contributed by atoms with Gasteiger partial charge in [-0.15, -0.1) is 10.2 Å². The average molecular weight is 265 g/mol. The third kappa shape index (κ3) is 2.32. The predicted octanol–water partition coefficient (Wildman–Crippen LogP) is 0.285. The number of thioether (sulfide) groups is 1. The van der Waals surface area contributed by atoms with Crippen LogP contribution in [-0.2, 0) is 4.79 Å². The zero-order valence-corrected chi connectivity index (χ0v) is 11.1. The number of aromatic nitrogens is 3. The summed E-state index contributed by atoms with van der Waals surface area (Å²) in [4.78, 5) is 11.4. The second kappa shape index (κ2) is 4.95. The van der Waals surface area contributed by atoms with Crippen LogP contribution < -0.4 is 11.1 Å². The Morgan fingerprint density at radius 2 is 2.33 bits per heavy atom. The Kier molecular flexibility index (Phi) is 3.53. The molecular formula is C11H15N5OS. The molecule has 0 aliphatic rings. The molecule has 0 fully saturated rings. The second-order valence-electron chi connectivity index (χ2n) is 4.15. The molecule has 18 heavy (non-hydrogen) atoms. The molecule has 6 nitrogen and oxygen atoms in total. The van der Waals surface area contributed by atoms with E-state index in [4.69, 9.17) is 5.73 Å². The number of rotatable bonds is 5. The lowest BCUT2D eigenvalue weighted by molar-refractivity contribution is -0.122. The molecule has 0 aromatic carbocycles. The SMILES string of the molecule is CNC(C)(CSc1nnc2ccccn12)C(N)=O. The maximum absolute atomic E-state index is 11.4. The molecule has 2 aromatic rings. The van der Waals surface area contributed by atoms with Crippen molar-refractivity contribution in [1.29, 1.82) is 0 Å². The highest BCUT2D eigenvalue weighted by Gasteiger charge is 2.29. The minimum Gasteiger partial charge on any atom is -0.368 e. The largest absolute Gasteiger partial charge is 0.368 e. The van der Waals surface area contributed by atoms with Gasteiger partial charge in [-0.1, -0.05) is 17.8 Å². The van der Waals surface area contributed by atoms with E-state index in [-0.39, 0.29) is 5.91 Å². The third-order valence-corrected chi connectivity index (χ3v) is 4.13. The van der Waals surface area contributed by atoms with Gasteiger partial charge in [0.25, 0.3) is 0 Å². The van der Waals surface area contributed by atoms with Crippen LogP contribution in [0, 0.1) is 0 Å². The van der Waals surface area contributed by atoms with Gasteiger partial charge < -0.3 is 11.1 Å². The molecule has 0 aliphatic heterocycles. The molecule has 2 aromatic heterocycles. The summed E-state index contributed by atoms with van der Waals surface area (Å²) in [5.41, 5.74) is 5.40. The van der Waals surface area contributed by atoms with Crippen LogP contribution in [0.25, 0.3) is 5.65 Å². The number of nitrogens with one attached hydrogen (secondary N) is 1. The van der Waals surface area contributed by atoms with Crippen molar-refractivity contribution in [2.45, 2.75) is 17.6 Å². The Hall–Kier alpha value is -1.60. The second-order valence-corrected chi connectivity index (χ2v) is 5.09. The number of nitrogens with zero attached hydrogens (tertiary/aromatic N) is 3. The quantitative estimate of drug-likeness (QED) is 0.759. The molecule has 96 valence electrons. The van der Waals surface area contributed by atoms with Crippen molar-refractivity contribution in [2.75, 3.05) is 12.8 Å². The first-order chi connectivity index (χ1) is 8.57. The summed E-state index contributed by atoms with van der Waals surface area (Å²) >= 11 is 1.44. The molecule has 1 amide bonds. The number of carbonyl (C=O) groups is 1. The summed E-state index contributed by atoms with van der Waals surface area (Å²) in [6.45, 7) is 1.77. The lowest BCUT2D eigenvalue weighted by Gasteiger charge is -2.24. The van der Waals surface area contributed by atoms with Crippen LogP contribution in [0.4, 0.5) is 0 Å². The number of nitrogens with two attached hydrogens (primary N) is 1. The minimum absolute atomic E-state index is 0.383. The number of pyridine rings is 1. The molecule has 0 saturated heterocycles. The van der Waals surface area contributed by atoms with E-state index < -0.39 is 5.54 Å². The van der Waals surface area contributed by atoms with Gasteiger partial charge in [0.15, 0.2) is 10.8 Å². The van der Waals surface area contributed by atoms with Crippen LogP contribution in [-0.4, -0.2) is 38.8 Å². The first-order valence-corrected chi connectivity index (χ1v) is 6.47. The van der Waals surface area contributed by atoms with Gasteiger partial charge in [-0.3, -0.25) is 9.20 Å². The van der Waals surface area contributed by atoms with Crippen LogP contribution in [0.1, 0.15) is 6.92 Å². The predicted molar refractivity (Wildman–Crippen MR) is 70.4 cm³/mol. The van der Waals surface area contributed by atoms with Crippen LogP contribution in [0.3, 0.4) is 0 Å². The van der Waals surface area contributed by atoms with E-state index >= 15 is 0 Å². The summed E-state index contributed by atoms with van der Waals surface area (Å²) in [5, 5.41) is 11.8. The van der Waals surface area contributed by atoms with E-state index in [1.807, 2.05) is 28.8 Å². The molecule has 0 spiro atoms. The summed E-state index contributed by atoms with van der Waals surface area (Å²) < 4.78 is 1.88. The highest BCUT2D eigenvalue weighted by Crippen LogP contribution is 2.21. The molecule has 2 rings (SSSR count). The molecule has 2 heterocycles. The van der Waals surface area contributed by atoms with Gasteiger partial charge in [0.05, 0.1) is 0 Å². The topological polar surface area (TPSA) is 85.3 Å². The normalized spacial score (nSPS) is 14.6. The fourth-order valence-corrected chi connectivity index (χ4v) is 2.49. The monoisotopic (exact) mass is 265 g/mol. The van der Waals surface area contributed by atoms with E-state index in [0.29, 0.717) is 5.75 Å². The summed E-state index contributed by atoms with van der Waals surface area (Å²) in [7, 11) is 1.72. The van der Waals surface area contributed by atoms with Crippen LogP contribution >= 0.6 is 11.8 Å². The summed E-state index contributed by atoms with van der Waals surface area (Å²) in [6, 6.07) is 5.69. The Balaban J connectivity index is 2.17. The van der Waals surface area contributed by atoms with Crippen molar-refractivity contribution in [2.24, 2.45) is 5.73 Å². The molecule has 0 aliphatic carbocycles. The smallest absolute Gasteiger partial charge is 0.238 e. The number of hydrogen-bond acceptors (Lipinski definition) is 5. The molecule has 1 atom stereocenters. The van der Waals surface area contributed by atoms with E-state index in [0.717, 1.165) is 10.8 Å². The molecule has 0 saturated carbocycles. The van der Waals surface area contributed by atoms with Gasteiger partial charge in [0, 0.05) is 11.9 Å². The Morgan fingerprint density at radius 3 is 3.00 bits per heavy atom. The molecule has 7 heteroatoms. The number of amides is 1. The molecular weight excluding hydrogens is 250 g/mol. The molecule has 0 radical (unpaired) electrons. The zero-order chi connectivity index (χ0) is 13.2. The van der Waals surface area contributed by atoms with Gasteiger partial charge in [-0.2, -0.15) is 0 Å². The van der Waals surface area contributed by atoms with Crippen molar-refractivity contribution in [1.82, 2.24) is 19.9 Å². The highest BCUT2D eigenvalue weighted by atomic mass is 32.2. The fraction of sp³-hybridized carbons (Fsp3) is 0.364. The van der Waals surface area contributed by atoms with E-state index in [9.17, 15) is 4.79 Å². The van der Waals surface area contributed by atoms with Crippen molar-refractivity contribution in [3.63, 3.8) is 0 Å². The lowest BCUT2D eigenvalue weighted by Crippen LogP contribution is -2.53. The van der Waals surface area contributed by atoms with Gasteiger partial charge >= 0.3 is 0 Å². The first-order valence-electron chi connectivity index (χ1n) is 5.48. The number of hydrogen-bond donors (Lipinski definition) is 2. The van der Waals surface area contributed by atoms with Gasteiger partial charge in [0.2, 0.25) is 5.91 Å². The van der Waals surface area contributed by atoms with Crippen LogP contribution in [0.15, 0.2) is 29.6 Å². The van der Waals surface area contributed by atoms with Crippen molar-refractivity contribution >= 4 is 23.3 Å². The highest BCUT2D eigenvalue weighted by molar-refractivity contribution is 7.99. The van der Waals surface area contributed by atoms with Crippen molar-refractivity contribution < 1.29 is 4.79 Å². The van der Waals surface area contributed by atoms with Crippen LogP contribution in [0.5, 0.6) is 0 Å². The molecule has 3 N–H and O–H groups in total. The lowest BCUT2D eigenvalue weighted by atomic mass is 10.1. The maximum atomic E-state index is 11.4. The zero-order valence-electron chi connectivity index (χ0n) is 10.3. The Morgan fingerprint density at radius 1 is 1.56 bits per heavy atom. The Labute approximate surface area is 109 Å². The number of likely N-dealkylation sites (N-methyl/N-ethyl adjacent to an activating group) is 1. The van der Waals surface area contributed by atoms with Gasteiger partial charge in [-0.25, -0.2) is 0 Å². The van der Waals surface area contributed by atoms with Gasteiger partial charge in [0.1, 0.15) is 5.54 Å². The number of carbonyl (C=O) groups excluding carboxylic acids is 1. The molecule has 1 unspecified atom stereocenters. The average Bonchev–Trinajstić information content (AvgIpc) is 2.79. The number of fused-ring (bicyclic) bond motifs is 1. The summed E-state index contributed by atoms with van der Waals surface area (Å²) in [5.74, 6) is 0.112. The first kappa shape index (κ1) is 12.8. The van der Waals surface area contributed by atoms with Crippen molar-refractivity contribution in [3.05, 3.63) is 24.4 Å². The van der Waals surface area contributed by atoms with Gasteiger partial charge in [-0.05, 0) is 26.1 Å². The van der Waals surface area contributed by atoms with Crippen molar-refractivity contribution in [3.8, 4) is 0 Å². The third-order valence-electron chi connectivity index (χ3n) is 2.87. The maximum Gasteiger partial charge on any atom is 0.238 e.